The molecule has 0 atom stereocenters. The van der Waals surface area contributed by atoms with Gasteiger partial charge in [-0.25, -0.2) is 13.2 Å². The average molecular weight is 303 g/mol. The number of hydrogen-bond acceptors (Lipinski definition) is 4. The summed E-state index contributed by atoms with van der Waals surface area (Å²) in [6.45, 7) is 0.362. The maximum Gasteiger partial charge on any atom is 0.320 e. The number of carbonyl (C=O) groups is 2. The van der Waals surface area contributed by atoms with E-state index in [1.807, 2.05) is 0 Å². The van der Waals surface area contributed by atoms with Crippen LogP contribution < -0.4 is 5.73 Å². The first kappa shape index (κ1) is 15.1. The van der Waals surface area contributed by atoms with Gasteiger partial charge < -0.3 is 15.5 Å². The number of amides is 3. The first-order chi connectivity index (χ1) is 9.28. The van der Waals surface area contributed by atoms with E-state index in [0.29, 0.717) is 12.8 Å². The van der Waals surface area contributed by atoms with E-state index in [1.54, 1.807) is 7.05 Å². The highest BCUT2D eigenvalue weighted by Gasteiger charge is 2.46. The lowest BCUT2D eigenvalue weighted by molar-refractivity contribution is -0.128. The monoisotopic (exact) mass is 303 g/mol. The van der Waals surface area contributed by atoms with Gasteiger partial charge in [-0.15, -0.1) is 0 Å². The Kier molecular flexibility index (Phi) is 3.95. The van der Waals surface area contributed by atoms with Crippen molar-refractivity contribution in [2.45, 2.75) is 31.2 Å². The Balaban J connectivity index is 2.10. The molecule has 2 N–H and O–H groups in total. The van der Waals surface area contributed by atoms with Gasteiger partial charge in [-0.3, -0.25) is 4.79 Å². The Hall–Kier alpha value is -1.31. The fourth-order valence-corrected chi connectivity index (χ4v) is 4.21. The number of primary amides is 1. The Morgan fingerprint density at radius 3 is 2.10 bits per heavy atom. The highest BCUT2D eigenvalue weighted by Crippen LogP contribution is 2.35. The molecule has 20 heavy (non-hydrogen) atoms. The number of sulfone groups is 1. The minimum absolute atomic E-state index is 0.0177. The van der Waals surface area contributed by atoms with E-state index in [1.165, 1.54) is 9.80 Å². The molecule has 0 bridgehead atoms. The van der Waals surface area contributed by atoms with Gasteiger partial charge in [-0.2, -0.15) is 0 Å². The molecule has 0 aromatic carbocycles. The third-order valence-corrected chi connectivity index (χ3v) is 6.04. The normalized spacial score (nSPS) is 24.4. The lowest BCUT2D eigenvalue weighted by Gasteiger charge is -2.40. The molecular formula is C12H21N3O4S. The van der Waals surface area contributed by atoms with Gasteiger partial charge in [0.2, 0.25) is 5.91 Å². The summed E-state index contributed by atoms with van der Waals surface area (Å²) in [5, 5.41) is 0. The lowest BCUT2D eigenvalue weighted by Crippen LogP contribution is -2.60. The van der Waals surface area contributed by atoms with Crippen molar-refractivity contribution in [3.05, 3.63) is 0 Å². The van der Waals surface area contributed by atoms with Gasteiger partial charge in [-0.05, 0) is 12.8 Å². The van der Waals surface area contributed by atoms with Crippen LogP contribution in [0.15, 0.2) is 0 Å². The molecule has 0 unspecified atom stereocenters. The molecule has 2 rings (SSSR count). The van der Waals surface area contributed by atoms with Gasteiger partial charge in [0.05, 0.1) is 11.5 Å². The summed E-state index contributed by atoms with van der Waals surface area (Å²) < 4.78 is 22.8. The maximum atomic E-state index is 12.5. The van der Waals surface area contributed by atoms with Crippen LogP contribution in [0.25, 0.3) is 0 Å². The number of nitrogens with zero attached hydrogens (tertiary/aromatic N) is 2. The predicted octanol–water partition coefficient (Wildman–Crippen LogP) is -0.433. The van der Waals surface area contributed by atoms with Crippen LogP contribution >= 0.6 is 0 Å². The average Bonchev–Trinajstić information content (AvgIpc) is 2.87. The van der Waals surface area contributed by atoms with Crippen LogP contribution in [0.1, 0.15) is 25.7 Å². The van der Waals surface area contributed by atoms with Crippen LogP contribution in [-0.4, -0.2) is 67.3 Å². The van der Waals surface area contributed by atoms with E-state index < -0.39 is 21.3 Å². The maximum absolute atomic E-state index is 12.5. The number of rotatable bonds is 2. The van der Waals surface area contributed by atoms with Gasteiger partial charge in [0.25, 0.3) is 0 Å². The van der Waals surface area contributed by atoms with Crippen molar-refractivity contribution in [1.82, 2.24) is 9.80 Å². The summed E-state index contributed by atoms with van der Waals surface area (Å²) in [7, 11) is -1.44. The Morgan fingerprint density at radius 2 is 1.65 bits per heavy atom. The molecule has 0 spiro atoms. The summed E-state index contributed by atoms with van der Waals surface area (Å²) >= 11 is 0. The van der Waals surface area contributed by atoms with Crippen molar-refractivity contribution in [1.29, 1.82) is 0 Å². The molecule has 8 heteroatoms. The molecule has 0 aromatic heterocycles. The van der Waals surface area contributed by atoms with E-state index in [2.05, 4.69) is 0 Å². The van der Waals surface area contributed by atoms with E-state index >= 15 is 0 Å². The zero-order chi connectivity index (χ0) is 15.0. The minimum Gasteiger partial charge on any atom is -0.368 e. The van der Waals surface area contributed by atoms with E-state index in [9.17, 15) is 18.0 Å². The summed E-state index contributed by atoms with van der Waals surface area (Å²) in [5.74, 6) is -0.512. The molecule has 3 amide bonds. The van der Waals surface area contributed by atoms with Crippen molar-refractivity contribution in [2.24, 2.45) is 5.73 Å². The molecule has 2 fully saturated rings. The third kappa shape index (κ3) is 2.61. The fourth-order valence-electron chi connectivity index (χ4n) is 3.01. The third-order valence-electron chi connectivity index (χ3n) is 4.43. The first-order valence-electron chi connectivity index (χ1n) is 6.82. The smallest absolute Gasteiger partial charge is 0.320 e. The van der Waals surface area contributed by atoms with Gasteiger partial charge in [0, 0.05) is 20.1 Å². The molecule has 1 saturated heterocycles. The van der Waals surface area contributed by atoms with Crippen LogP contribution in [0.4, 0.5) is 4.79 Å². The summed E-state index contributed by atoms with van der Waals surface area (Å²) in [5.41, 5.74) is 4.59. The molecule has 1 aliphatic heterocycles. The molecule has 7 nitrogen and oxygen atoms in total. The van der Waals surface area contributed by atoms with Crippen LogP contribution in [0.3, 0.4) is 0 Å². The standard InChI is InChI=1S/C12H21N3O4S/c1-14(12(10(13)16)4-2-3-5-12)11(17)15-6-8-20(18,19)9-7-15/h2-9H2,1H3,(H2,13,16). The second-order valence-electron chi connectivity index (χ2n) is 5.58. The number of nitrogens with two attached hydrogens (primary N) is 1. The Bertz CT molecular complexity index is 497. The van der Waals surface area contributed by atoms with Crippen LogP contribution in [0, 0.1) is 0 Å². The molecular weight excluding hydrogens is 282 g/mol. The molecule has 1 aliphatic carbocycles. The molecule has 0 aromatic rings. The summed E-state index contributed by atoms with van der Waals surface area (Å²) in [4.78, 5) is 27.1. The van der Waals surface area contributed by atoms with Crippen LogP contribution in [0.5, 0.6) is 0 Å². The first-order valence-corrected chi connectivity index (χ1v) is 8.64. The van der Waals surface area contributed by atoms with Crippen molar-refractivity contribution < 1.29 is 18.0 Å². The number of likely N-dealkylation sites (N-methyl/N-ethyl adjacent to an activating group) is 1. The van der Waals surface area contributed by atoms with Gasteiger partial charge >= 0.3 is 6.03 Å². The number of hydrogen-bond donors (Lipinski definition) is 1. The SMILES string of the molecule is CN(C(=O)N1CCS(=O)(=O)CC1)C1(C(N)=O)CCCC1. The molecule has 1 saturated carbocycles. The molecule has 0 radical (unpaired) electrons. The van der Waals surface area contributed by atoms with Crippen LogP contribution in [-0.2, 0) is 14.6 Å². The zero-order valence-corrected chi connectivity index (χ0v) is 12.5. The highest BCUT2D eigenvalue weighted by atomic mass is 32.2. The van der Waals surface area contributed by atoms with Crippen LogP contribution in [0.2, 0.25) is 0 Å². The topological polar surface area (TPSA) is 101 Å². The van der Waals surface area contributed by atoms with Crippen molar-refractivity contribution in [3.8, 4) is 0 Å². The second-order valence-corrected chi connectivity index (χ2v) is 7.89. The van der Waals surface area contributed by atoms with E-state index in [0.717, 1.165) is 12.8 Å². The molecule has 114 valence electrons. The van der Waals surface area contributed by atoms with E-state index in [-0.39, 0.29) is 30.6 Å². The van der Waals surface area contributed by atoms with Gasteiger partial charge in [0.1, 0.15) is 5.54 Å². The molecule has 1 heterocycles. The fraction of sp³-hybridized carbons (Fsp3) is 0.833. The van der Waals surface area contributed by atoms with Crippen molar-refractivity contribution in [3.63, 3.8) is 0 Å². The summed E-state index contributed by atoms with van der Waals surface area (Å²) in [6, 6.07) is -0.305. The zero-order valence-electron chi connectivity index (χ0n) is 11.7. The largest absolute Gasteiger partial charge is 0.368 e. The van der Waals surface area contributed by atoms with Crippen molar-refractivity contribution in [2.75, 3.05) is 31.6 Å². The lowest BCUT2D eigenvalue weighted by atomic mass is 9.95. The second kappa shape index (κ2) is 5.23. The Morgan fingerprint density at radius 1 is 1.15 bits per heavy atom. The summed E-state index contributed by atoms with van der Waals surface area (Å²) in [6.07, 6.45) is 2.90. The Labute approximate surface area is 119 Å². The number of urea groups is 1. The van der Waals surface area contributed by atoms with Crippen molar-refractivity contribution >= 4 is 21.8 Å². The minimum atomic E-state index is -3.03. The van der Waals surface area contributed by atoms with Gasteiger partial charge in [0.15, 0.2) is 9.84 Å². The highest BCUT2D eigenvalue weighted by molar-refractivity contribution is 7.91. The number of carbonyl (C=O) groups excluding carboxylic acids is 2. The predicted molar refractivity (Wildman–Crippen MR) is 73.8 cm³/mol. The van der Waals surface area contributed by atoms with E-state index in [4.69, 9.17) is 5.73 Å². The molecule has 2 aliphatic rings. The van der Waals surface area contributed by atoms with Gasteiger partial charge in [-0.1, -0.05) is 12.8 Å². The quantitative estimate of drug-likeness (QED) is 0.747.